The van der Waals surface area contributed by atoms with Crippen molar-refractivity contribution in [1.29, 1.82) is 5.26 Å². The summed E-state index contributed by atoms with van der Waals surface area (Å²) in [6.07, 6.45) is 2.52. The first kappa shape index (κ1) is 26.3. The van der Waals surface area contributed by atoms with Crippen LogP contribution in [0.15, 0.2) is 55.1 Å². The zero-order valence-electron chi connectivity index (χ0n) is 20.6. The number of nitrogen functional groups attached to an aromatic ring is 1. The number of fused-ring (bicyclic) bond motifs is 1. The Labute approximate surface area is 214 Å². The van der Waals surface area contributed by atoms with Gasteiger partial charge >= 0.3 is 13.7 Å². The summed E-state index contributed by atoms with van der Waals surface area (Å²) >= 11 is 0. The predicted octanol–water partition coefficient (Wildman–Crippen LogP) is 3.41. The maximum atomic E-state index is 13.7. The molecule has 1 aliphatic rings. The predicted molar refractivity (Wildman–Crippen MR) is 135 cm³/mol. The summed E-state index contributed by atoms with van der Waals surface area (Å²) in [5.41, 5.74) is 7.46. The minimum Gasteiger partial charge on any atom is -0.462 e. The molecule has 0 aliphatic heterocycles. The van der Waals surface area contributed by atoms with Crippen molar-refractivity contribution in [1.82, 2.24) is 24.6 Å². The maximum Gasteiger partial charge on any atom is 0.459 e. The molecule has 194 valence electrons. The Kier molecular flexibility index (Phi) is 7.59. The van der Waals surface area contributed by atoms with E-state index in [-0.39, 0.29) is 24.3 Å². The van der Waals surface area contributed by atoms with Gasteiger partial charge in [0, 0.05) is 5.92 Å². The minimum atomic E-state index is -4.07. The van der Waals surface area contributed by atoms with E-state index in [1.54, 1.807) is 55.1 Å². The van der Waals surface area contributed by atoms with Crippen LogP contribution in [0.3, 0.4) is 0 Å². The number of carbonyl (C=O) groups excluding carboxylic acids is 1. The van der Waals surface area contributed by atoms with Crippen LogP contribution in [0.2, 0.25) is 0 Å². The van der Waals surface area contributed by atoms with Gasteiger partial charge in [-0.1, -0.05) is 24.8 Å². The van der Waals surface area contributed by atoms with Gasteiger partial charge in [-0.15, -0.1) is 0 Å². The average molecular weight is 526 g/mol. The summed E-state index contributed by atoms with van der Waals surface area (Å²) in [6.45, 7) is 8.93. The molecule has 2 heterocycles. The maximum absolute atomic E-state index is 13.7. The second kappa shape index (κ2) is 10.7. The summed E-state index contributed by atoms with van der Waals surface area (Å²) in [5.74, 6) is -1.12. The number of ether oxygens (including phenoxy) is 1. The average Bonchev–Trinajstić information content (AvgIpc) is 3.27. The van der Waals surface area contributed by atoms with Crippen molar-refractivity contribution >= 4 is 30.7 Å². The molecule has 0 saturated heterocycles. The van der Waals surface area contributed by atoms with Crippen LogP contribution in [-0.2, 0) is 18.6 Å². The van der Waals surface area contributed by atoms with E-state index in [2.05, 4.69) is 32.7 Å². The molecule has 1 aliphatic carbocycles. The third kappa shape index (κ3) is 5.49. The van der Waals surface area contributed by atoms with E-state index in [0.29, 0.717) is 16.7 Å². The summed E-state index contributed by atoms with van der Waals surface area (Å²) in [6, 6.07) is 9.30. The van der Waals surface area contributed by atoms with Crippen LogP contribution in [0.4, 0.5) is 5.82 Å². The van der Waals surface area contributed by atoms with Gasteiger partial charge in [-0.2, -0.15) is 10.3 Å². The number of esters is 1. The molecule has 2 aromatic heterocycles. The van der Waals surface area contributed by atoms with Crippen molar-refractivity contribution in [3.05, 3.63) is 55.1 Å². The van der Waals surface area contributed by atoms with Gasteiger partial charge in [0.25, 0.3) is 0 Å². The van der Waals surface area contributed by atoms with Gasteiger partial charge in [-0.05, 0) is 38.5 Å². The van der Waals surface area contributed by atoms with Gasteiger partial charge in [-0.25, -0.2) is 19.5 Å². The highest BCUT2D eigenvalue weighted by Crippen LogP contribution is 2.52. The van der Waals surface area contributed by atoms with Gasteiger partial charge < -0.3 is 19.6 Å². The first-order chi connectivity index (χ1) is 17.6. The van der Waals surface area contributed by atoms with Gasteiger partial charge in [0.2, 0.25) is 0 Å². The quantitative estimate of drug-likeness (QED) is 0.226. The van der Waals surface area contributed by atoms with Crippen LogP contribution in [0.5, 0.6) is 5.75 Å². The lowest BCUT2D eigenvalue weighted by Gasteiger charge is -2.43. The van der Waals surface area contributed by atoms with Crippen molar-refractivity contribution < 1.29 is 23.1 Å². The number of rotatable bonds is 10. The molecule has 5 atom stereocenters. The zero-order valence-corrected chi connectivity index (χ0v) is 21.5. The number of nitriles is 1. The highest BCUT2D eigenvalue weighted by Gasteiger charge is 2.48. The molecule has 3 aromatic rings. The number of nitrogens with zero attached hydrogens (tertiary/aromatic N) is 5. The summed E-state index contributed by atoms with van der Waals surface area (Å²) in [4.78, 5) is 24.8. The Morgan fingerprint density at radius 3 is 2.68 bits per heavy atom. The first-order valence-electron chi connectivity index (χ1n) is 11.6. The number of hydrogen-bond acceptors (Lipinski definition) is 10. The third-order valence-electron chi connectivity index (χ3n) is 5.92. The summed E-state index contributed by atoms with van der Waals surface area (Å²) in [7, 11) is -4.07. The standard InChI is InChI=1S/C24H28N7O5P/c1-14(2)35-24(32)16(4)30-37(33,36-17-8-6-5-7-9-17)34-11-19-15(3)21(18(19)10-25)31-13-29-20-22(26)27-12-28-23(20)31/h5-9,12-14,16,18-19,21H,3,11H2,1-2,4H3,(H,30,33)(H2,26,27,28)/t16-,18+,19-,21+,37?/m0/s1. The molecular weight excluding hydrogens is 497 g/mol. The van der Waals surface area contributed by atoms with Crippen molar-refractivity contribution in [3.8, 4) is 11.8 Å². The highest BCUT2D eigenvalue weighted by molar-refractivity contribution is 7.52. The number of nitrogens with one attached hydrogen (secondary N) is 1. The van der Waals surface area contributed by atoms with Crippen molar-refractivity contribution in [2.24, 2.45) is 11.8 Å². The number of hydrogen-bond donors (Lipinski definition) is 2. The van der Waals surface area contributed by atoms with E-state index in [0.717, 1.165) is 0 Å². The Morgan fingerprint density at radius 1 is 1.27 bits per heavy atom. The minimum absolute atomic E-state index is 0.139. The SMILES string of the molecule is C=C1[C@@H](n2cnc3c(N)ncnc32)[C@H](C#N)[C@H]1COP(=O)(N[C@@H](C)C(=O)OC(C)C)Oc1ccccc1. The molecule has 1 aromatic carbocycles. The molecule has 0 spiro atoms. The van der Waals surface area contributed by atoms with Crippen LogP contribution in [0.25, 0.3) is 11.2 Å². The molecule has 1 fully saturated rings. The van der Waals surface area contributed by atoms with Crippen molar-refractivity contribution in [3.63, 3.8) is 0 Å². The Hall–Kier alpha value is -3.78. The van der Waals surface area contributed by atoms with Crippen LogP contribution in [-0.4, -0.2) is 44.2 Å². The molecule has 12 nitrogen and oxygen atoms in total. The molecular formula is C24H28N7O5P. The Bertz CT molecular complexity index is 1390. The number of nitrogens with two attached hydrogens (primary N) is 1. The monoisotopic (exact) mass is 525 g/mol. The van der Waals surface area contributed by atoms with Crippen LogP contribution < -0.4 is 15.3 Å². The summed E-state index contributed by atoms with van der Waals surface area (Å²) < 4.78 is 32.1. The highest BCUT2D eigenvalue weighted by atomic mass is 31.2. The van der Waals surface area contributed by atoms with E-state index in [1.807, 2.05) is 0 Å². The Morgan fingerprint density at radius 2 is 2.00 bits per heavy atom. The van der Waals surface area contributed by atoms with E-state index >= 15 is 0 Å². The number of para-hydroxylation sites is 1. The molecule has 0 bridgehead atoms. The molecule has 0 radical (unpaired) electrons. The molecule has 1 unspecified atom stereocenters. The van der Waals surface area contributed by atoms with Gasteiger partial charge in [0.15, 0.2) is 11.5 Å². The largest absolute Gasteiger partial charge is 0.462 e. The summed E-state index contributed by atoms with van der Waals surface area (Å²) in [5, 5.41) is 12.6. The Balaban J connectivity index is 1.51. The van der Waals surface area contributed by atoms with E-state index < -0.39 is 37.6 Å². The number of imidazole rings is 1. The van der Waals surface area contributed by atoms with E-state index in [1.165, 1.54) is 13.3 Å². The fourth-order valence-corrected chi connectivity index (χ4v) is 5.61. The van der Waals surface area contributed by atoms with Crippen LogP contribution in [0, 0.1) is 23.2 Å². The second-order valence-electron chi connectivity index (χ2n) is 8.90. The van der Waals surface area contributed by atoms with Crippen molar-refractivity contribution in [2.75, 3.05) is 12.3 Å². The molecule has 0 amide bonds. The topological polar surface area (TPSA) is 167 Å². The number of anilines is 1. The zero-order chi connectivity index (χ0) is 26.7. The lowest BCUT2D eigenvalue weighted by atomic mass is 9.66. The normalized spacial score (nSPS) is 21.6. The van der Waals surface area contributed by atoms with Crippen LogP contribution in [0.1, 0.15) is 26.8 Å². The lowest BCUT2D eigenvalue weighted by molar-refractivity contribution is -0.149. The van der Waals surface area contributed by atoms with E-state index in [4.69, 9.17) is 19.5 Å². The molecule has 1 saturated carbocycles. The van der Waals surface area contributed by atoms with Crippen molar-refractivity contribution in [2.45, 2.75) is 39.0 Å². The lowest BCUT2D eigenvalue weighted by Crippen LogP contribution is -2.43. The number of benzene rings is 1. The van der Waals surface area contributed by atoms with Gasteiger partial charge in [0.05, 0.1) is 37.1 Å². The van der Waals surface area contributed by atoms with Gasteiger partial charge in [0.1, 0.15) is 23.6 Å². The van der Waals surface area contributed by atoms with Crippen LogP contribution >= 0.6 is 7.75 Å². The van der Waals surface area contributed by atoms with E-state index in [9.17, 15) is 14.6 Å². The number of carbonyl (C=O) groups is 1. The fourth-order valence-electron chi connectivity index (χ4n) is 4.09. The molecule has 4 rings (SSSR count). The molecule has 37 heavy (non-hydrogen) atoms. The first-order valence-corrected chi connectivity index (χ1v) is 13.2. The fraction of sp³-hybridized carbons (Fsp3) is 0.375. The number of aromatic nitrogens is 4. The smallest absolute Gasteiger partial charge is 0.459 e. The molecule has 3 N–H and O–H groups in total. The third-order valence-corrected chi connectivity index (χ3v) is 7.56. The molecule has 13 heteroatoms. The second-order valence-corrected chi connectivity index (χ2v) is 10.6. The van der Waals surface area contributed by atoms with Gasteiger partial charge in [-0.3, -0.25) is 9.32 Å².